The number of halogens is 6. The van der Waals surface area contributed by atoms with E-state index in [1.54, 1.807) is 6.92 Å². The van der Waals surface area contributed by atoms with Crippen LogP contribution in [0, 0.1) is 5.92 Å². The van der Waals surface area contributed by atoms with Gasteiger partial charge in [0.25, 0.3) is 0 Å². The minimum atomic E-state index is -4.59. The molecule has 0 spiro atoms. The van der Waals surface area contributed by atoms with Crippen LogP contribution in [-0.2, 0) is 29.6 Å². The molecule has 248 valence electrons. The number of hydrogen-bond acceptors (Lipinski definition) is 2. The van der Waals surface area contributed by atoms with Gasteiger partial charge in [-0.2, -0.15) is 26.3 Å². The quantitative estimate of drug-likeness (QED) is 0.236. The highest BCUT2D eigenvalue weighted by Gasteiger charge is 2.41. The summed E-state index contributed by atoms with van der Waals surface area (Å²) in [4.78, 5) is 16.4. The predicted octanol–water partition coefficient (Wildman–Crippen LogP) is 8.91. The van der Waals surface area contributed by atoms with Crippen molar-refractivity contribution in [3.05, 3.63) is 107 Å². The highest BCUT2D eigenvalue weighted by atomic mass is 19.4. The topological polar surface area (TPSA) is 32.3 Å². The molecule has 0 aromatic heterocycles. The summed E-state index contributed by atoms with van der Waals surface area (Å²) < 4.78 is 79.3. The Morgan fingerprint density at radius 2 is 1.30 bits per heavy atom. The molecule has 1 heterocycles. The molecule has 1 unspecified atom stereocenters. The number of carbonyl (C=O) groups is 1. The van der Waals surface area contributed by atoms with Crippen molar-refractivity contribution in [2.24, 2.45) is 5.92 Å². The third-order valence-electron chi connectivity index (χ3n) is 9.81. The van der Waals surface area contributed by atoms with Crippen LogP contribution in [0.1, 0.15) is 79.2 Å². The molecule has 1 N–H and O–H groups in total. The largest absolute Gasteiger partial charge is 0.393 e. The molecule has 3 nitrogen and oxygen atoms in total. The van der Waals surface area contributed by atoms with Gasteiger partial charge in [-0.25, -0.2) is 0 Å². The minimum absolute atomic E-state index is 0.147. The molecule has 3 aromatic rings. The van der Waals surface area contributed by atoms with Crippen molar-refractivity contribution >= 4 is 5.91 Å². The predicted molar refractivity (Wildman–Crippen MR) is 167 cm³/mol. The van der Waals surface area contributed by atoms with Gasteiger partial charge in [-0.05, 0) is 98.7 Å². The number of likely N-dealkylation sites (tertiary alicyclic amines) is 1. The highest BCUT2D eigenvalue weighted by molar-refractivity contribution is 5.84. The van der Waals surface area contributed by atoms with Crippen LogP contribution in [-0.4, -0.2) is 42.3 Å². The van der Waals surface area contributed by atoms with Gasteiger partial charge >= 0.3 is 12.4 Å². The van der Waals surface area contributed by atoms with Gasteiger partial charge in [0.15, 0.2) is 0 Å². The zero-order valence-electron chi connectivity index (χ0n) is 26.1. The lowest BCUT2D eigenvalue weighted by Gasteiger charge is -2.46. The van der Waals surface area contributed by atoms with Gasteiger partial charge in [0.2, 0.25) is 5.91 Å². The van der Waals surface area contributed by atoms with Crippen molar-refractivity contribution in [1.29, 1.82) is 0 Å². The SMILES string of the molecule is CC(C(=O)N[C@]1(c2ccccc2)CC[C@@H](N2CCC(Cc3ccccc3)CC2)CC1)c1cc(CC(F)(F)F)cc(CC(F)(F)F)c1. The van der Waals surface area contributed by atoms with Gasteiger partial charge < -0.3 is 10.2 Å². The molecule has 9 heteroatoms. The maximum absolute atomic E-state index is 13.8. The Hall–Kier alpha value is -3.33. The van der Waals surface area contributed by atoms with Crippen LogP contribution in [0.2, 0.25) is 0 Å². The third kappa shape index (κ3) is 9.14. The van der Waals surface area contributed by atoms with E-state index < -0.39 is 42.6 Å². The molecule has 1 aliphatic carbocycles. The summed E-state index contributed by atoms with van der Waals surface area (Å²) in [5, 5.41) is 3.24. The molecule has 1 saturated heterocycles. The van der Waals surface area contributed by atoms with Crippen molar-refractivity contribution in [2.75, 3.05) is 13.1 Å². The van der Waals surface area contributed by atoms with Crippen molar-refractivity contribution in [1.82, 2.24) is 10.2 Å². The lowest BCUT2D eigenvalue weighted by molar-refractivity contribution is -0.127. The van der Waals surface area contributed by atoms with Crippen LogP contribution in [0.3, 0.4) is 0 Å². The van der Waals surface area contributed by atoms with Crippen LogP contribution in [0.25, 0.3) is 0 Å². The molecule has 0 bridgehead atoms. The Balaban J connectivity index is 1.28. The second kappa shape index (κ2) is 14.2. The number of carbonyl (C=O) groups excluding carboxylic acids is 1. The van der Waals surface area contributed by atoms with E-state index in [9.17, 15) is 31.1 Å². The Labute approximate surface area is 267 Å². The van der Waals surface area contributed by atoms with E-state index in [1.165, 1.54) is 17.7 Å². The second-order valence-electron chi connectivity index (χ2n) is 13.2. The van der Waals surface area contributed by atoms with Crippen molar-refractivity contribution in [3.8, 4) is 0 Å². The Morgan fingerprint density at radius 3 is 1.83 bits per heavy atom. The lowest BCUT2D eigenvalue weighted by atomic mass is 9.73. The van der Waals surface area contributed by atoms with Crippen LogP contribution < -0.4 is 5.32 Å². The van der Waals surface area contributed by atoms with Crippen LogP contribution in [0.15, 0.2) is 78.9 Å². The number of amides is 1. The monoisotopic (exact) mass is 644 g/mol. The smallest absolute Gasteiger partial charge is 0.346 e. The summed E-state index contributed by atoms with van der Waals surface area (Å²) in [7, 11) is 0. The van der Waals surface area contributed by atoms with Crippen molar-refractivity contribution in [3.63, 3.8) is 0 Å². The first-order valence-corrected chi connectivity index (χ1v) is 16.2. The molecule has 1 aliphatic heterocycles. The Kier molecular flexibility index (Phi) is 10.5. The van der Waals surface area contributed by atoms with E-state index in [1.807, 2.05) is 36.4 Å². The highest BCUT2D eigenvalue weighted by Crippen LogP contribution is 2.40. The molecule has 46 heavy (non-hydrogen) atoms. The average molecular weight is 645 g/mol. The summed E-state index contributed by atoms with van der Waals surface area (Å²) in [6.45, 7) is 3.63. The maximum atomic E-state index is 13.8. The molecule has 1 atom stereocenters. The summed E-state index contributed by atoms with van der Waals surface area (Å²) in [6.07, 6.45) is -5.38. The molecule has 0 radical (unpaired) electrons. The van der Waals surface area contributed by atoms with Gasteiger partial charge in [0, 0.05) is 6.04 Å². The van der Waals surface area contributed by atoms with E-state index >= 15 is 0 Å². The fourth-order valence-electron chi connectivity index (χ4n) is 7.38. The van der Waals surface area contributed by atoms with Gasteiger partial charge in [-0.15, -0.1) is 0 Å². The van der Waals surface area contributed by atoms with Crippen LogP contribution >= 0.6 is 0 Å². The second-order valence-corrected chi connectivity index (χ2v) is 13.2. The molecule has 5 rings (SSSR count). The molecule has 1 saturated carbocycles. The van der Waals surface area contributed by atoms with E-state index in [0.717, 1.165) is 56.8 Å². The average Bonchev–Trinajstić information content (AvgIpc) is 3.00. The summed E-state index contributed by atoms with van der Waals surface area (Å²) in [6, 6.07) is 24.0. The number of rotatable bonds is 9. The molecular formula is C37H42F6N2O. The molecule has 1 amide bonds. The van der Waals surface area contributed by atoms with Crippen molar-refractivity contribution < 1.29 is 31.1 Å². The lowest BCUT2D eigenvalue weighted by Crippen LogP contribution is -2.53. The first-order valence-electron chi connectivity index (χ1n) is 16.2. The first-order chi connectivity index (χ1) is 21.8. The Bertz CT molecular complexity index is 1390. The fourth-order valence-corrected chi connectivity index (χ4v) is 7.38. The fraction of sp³-hybridized carbons (Fsp3) is 0.486. The molecule has 2 fully saturated rings. The van der Waals surface area contributed by atoms with Gasteiger partial charge in [-0.3, -0.25) is 4.79 Å². The van der Waals surface area contributed by atoms with Gasteiger partial charge in [0.05, 0.1) is 24.3 Å². The number of nitrogens with zero attached hydrogens (tertiary/aromatic N) is 1. The van der Waals surface area contributed by atoms with Gasteiger partial charge in [0.1, 0.15) is 0 Å². The third-order valence-corrected chi connectivity index (χ3v) is 9.81. The first kappa shape index (κ1) is 34.0. The summed E-state index contributed by atoms with van der Waals surface area (Å²) in [5.41, 5.74) is 1.24. The number of piperidine rings is 1. The number of alkyl halides is 6. The maximum Gasteiger partial charge on any atom is 0.393 e. The standard InChI is InChI=1S/C37H42F6N2O/c1-26(31-22-29(24-36(38,39)40)21-30(23-31)25-37(41,42)43)34(46)44-35(32-10-6-3-7-11-32)16-12-33(13-17-35)45-18-14-28(15-19-45)20-27-8-4-2-5-9-27/h2-11,21-23,26,28,33H,12-20,24-25H2,1H3,(H,44,46)/t26?,33-,35-. The Morgan fingerprint density at radius 1 is 0.783 bits per heavy atom. The minimum Gasteiger partial charge on any atom is -0.346 e. The molecular weight excluding hydrogens is 602 g/mol. The van der Waals surface area contributed by atoms with E-state index in [0.29, 0.717) is 24.8 Å². The summed E-state index contributed by atoms with van der Waals surface area (Å²) in [5.74, 6) is -0.689. The van der Waals surface area contributed by atoms with Crippen LogP contribution in [0.5, 0.6) is 0 Å². The number of benzene rings is 3. The molecule has 2 aliphatic rings. The van der Waals surface area contributed by atoms with E-state index in [-0.39, 0.29) is 16.7 Å². The van der Waals surface area contributed by atoms with Crippen molar-refractivity contribution in [2.45, 2.75) is 94.6 Å². The van der Waals surface area contributed by atoms with E-state index in [2.05, 4.69) is 34.5 Å². The number of hydrogen-bond donors (Lipinski definition) is 1. The van der Waals surface area contributed by atoms with E-state index in [4.69, 9.17) is 0 Å². The number of nitrogens with one attached hydrogen (secondary N) is 1. The summed E-state index contributed by atoms with van der Waals surface area (Å²) >= 11 is 0. The van der Waals surface area contributed by atoms with Gasteiger partial charge in [-0.1, -0.05) is 78.9 Å². The zero-order valence-corrected chi connectivity index (χ0v) is 26.1. The normalized spacial score (nSPS) is 22.4. The molecule has 3 aromatic carbocycles. The van der Waals surface area contributed by atoms with Crippen LogP contribution in [0.4, 0.5) is 26.3 Å². The zero-order chi connectivity index (χ0) is 33.0.